The molecule has 0 spiro atoms. The van der Waals surface area contributed by atoms with Crippen LogP contribution in [0.3, 0.4) is 0 Å². The second kappa shape index (κ2) is 5.52. The third-order valence-electron chi connectivity index (χ3n) is 3.42. The highest BCUT2D eigenvalue weighted by molar-refractivity contribution is 5.56. The predicted molar refractivity (Wildman–Crippen MR) is 75.2 cm³/mol. The van der Waals surface area contributed by atoms with Crippen molar-refractivity contribution < 1.29 is 0 Å². The lowest BCUT2D eigenvalue weighted by atomic mass is 10.3. The van der Waals surface area contributed by atoms with Crippen molar-refractivity contribution in [3.05, 3.63) is 11.4 Å². The third-order valence-corrected chi connectivity index (χ3v) is 3.42. The van der Waals surface area contributed by atoms with Crippen LogP contribution < -0.4 is 10.6 Å². The van der Waals surface area contributed by atoms with Gasteiger partial charge >= 0.3 is 0 Å². The van der Waals surface area contributed by atoms with Gasteiger partial charge in [0.25, 0.3) is 0 Å². The fraction of sp³-hybridized carbons (Fsp3) is 0.692. The Bertz CT molecular complexity index is 414. The number of aromatic nitrogens is 2. The second-order valence-electron chi connectivity index (χ2n) is 4.98. The van der Waals surface area contributed by atoms with Crippen LogP contribution in [-0.4, -0.2) is 48.1 Å². The number of nitrogens with one attached hydrogen (secondary N) is 2. The molecule has 2 rings (SSSR count). The van der Waals surface area contributed by atoms with Gasteiger partial charge in [0, 0.05) is 31.7 Å². The van der Waals surface area contributed by atoms with Crippen molar-refractivity contribution in [1.82, 2.24) is 14.9 Å². The number of nitrogens with zero attached hydrogens (tertiary/aromatic N) is 3. The summed E-state index contributed by atoms with van der Waals surface area (Å²) in [5.41, 5.74) is 1.08. The van der Waals surface area contributed by atoms with Crippen LogP contribution in [0.15, 0.2) is 0 Å². The Kier molecular flexibility index (Phi) is 4.01. The smallest absolute Gasteiger partial charge is 0.134 e. The Labute approximate surface area is 109 Å². The van der Waals surface area contributed by atoms with E-state index in [-0.39, 0.29) is 0 Å². The Morgan fingerprint density at radius 1 is 1.22 bits per heavy atom. The van der Waals surface area contributed by atoms with E-state index in [1.54, 1.807) is 0 Å². The highest BCUT2D eigenvalue weighted by Gasteiger charge is 2.25. The molecule has 1 fully saturated rings. The molecule has 1 aliphatic carbocycles. The van der Waals surface area contributed by atoms with E-state index in [9.17, 15) is 0 Å². The molecule has 0 unspecified atom stereocenters. The average Bonchev–Trinajstić information content (AvgIpc) is 3.16. The molecule has 1 saturated carbocycles. The van der Waals surface area contributed by atoms with Crippen molar-refractivity contribution in [3.63, 3.8) is 0 Å². The lowest BCUT2D eigenvalue weighted by Crippen LogP contribution is -2.27. The second-order valence-corrected chi connectivity index (χ2v) is 4.98. The van der Waals surface area contributed by atoms with Gasteiger partial charge in [0.05, 0.1) is 0 Å². The van der Waals surface area contributed by atoms with Crippen molar-refractivity contribution in [2.24, 2.45) is 0 Å². The SMILES string of the molecule is CNc1nc(C)nc(NCCN(C)C2CC2)c1C. The molecule has 1 aliphatic rings. The largest absolute Gasteiger partial charge is 0.373 e. The van der Waals surface area contributed by atoms with E-state index in [1.807, 2.05) is 20.9 Å². The van der Waals surface area contributed by atoms with Crippen LogP contribution >= 0.6 is 0 Å². The highest BCUT2D eigenvalue weighted by atomic mass is 15.2. The maximum atomic E-state index is 4.46. The molecule has 1 aromatic heterocycles. The fourth-order valence-electron chi connectivity index (χ4n) is 2.09. The van der Waals surface area contributed by atoms with Crippen LogP contribution in [0.4, 0.5) is 11.6 Å². The first-order valence-corrected chi connectivity index (χ1v) is 6.59. The molecular formula is C13H23N5. The van der Waals surface area contributed by atoms with Gasteiger partial charge in [-0.3, -0.25) is 0 Å². The van der Waals surface area contributed by atoms with Crippen LogP contribution in [0.25, 0.3) is 0 Å². The highest BCUT2D eigenvalue weighted by Crippen LogP contribution is 2.25. The summed E-state index contributed by atoms with van der Waals surface area (Å²) in [6.45, 7) is 5.94. The van der Waals surface area contributed by atoms with E-state index in [0.717, 1.165) is 42.2 Å². The number of hydrogen-bond donors (Lipinski definition) is 2. The molecule has 0 radical (unpaired) electrons. The first kappa shape index (κ1) is 13.1. The summed E-state index contributed by atoms with van der Waals surface area (Å²) in [6.07, 6.45) is 2.71. The van der Waals surface area contributed by atoms with E-state index in [2.05, 4.69) is 32.5 Å². The minimum absolute atomic E-state index is 0.794. The van der Waals surface area contributed by atoms with Gasteiger partial charge in [-0.15, -0.1) is 0 Å². The van der Waals surface area contributed by atoms with Crippen molar-refractivity contribution in [1.29, 1.82) is 0 Å². The molecule has 2 N–H and O–H groups in total. The molecule has 0 aliphatic heterocycles. The average molecular weight is 249 g/mol. The Balaban J connectivity index is 1.93. The van der Waals surface area contributed by atoms with Crippen LogP contribution in [0.5, 0.6) is 0 Å². The molecule has 1 aromatic rings. The van der Waals surface area contributed by atoms with E-state index >= 15 is 0 Å². The predicted octanol–water partition coefficient (Wildman–Crippen LogP) is 1.64. The van der Waals surface area contributed by atoms with E-state index in [4.69, 9.17) is 0 Å². The molecule has 5 heteroatoms. The Hall–Kier alpha value is -1.36. The van der Waals surface area contributed by atoms with Crippen LogP contribution in [0, 0.1) is 13.8 Å². The van der Waals surface area contributed by atoms with Gasteiger partial charge in [-0.2, -0.15) is 0 Å². The summed E-state index contributed by atoms with van der Waals surface area (Å²) in [5, 5.41) is 6.51. The minimum Gasteiger partial charge on any atom is -0.373 e. The van der Waals surface area contributed by atoms with Crippen molar-refractivity contribution >= 4 is 11.6 Å². The normalized spacial score (nSPS) is 14.9. The molecule has 0 aromatic carbocycles. The Morgan fingerprint density at radius 3 is 2.50 bits per heavy atom. The lowest BCUT2D eigenvalue weighted by Gasteiger charge is -2.17. The quantitative estimate of drug-likeness (QED) is 0.803. The van der Waals surface area contributed by atoms with Gasteiger partial charge in [-0.1, -0.05) is 0 Å². The van der Waals surface area contributed by atoms with Crippen molar-refractivity contribution in [2.45, 2.75) is 32.7 Å². The fourth-order valence-corrected chi connectivity index (χ4v) is 2.09. The van der Waals surface area contributed by atoms with E-state index < -0.39 is 0 Å². The zero-order chi connectivity index (χ0) is 13.1. The van der Waals surface area contributed by atoms with Crippen LogP contribution in [0.1, 0.15) is 24.2 Å². The summed E-state index contributed by atoms with van der Waals surface area (Å²) >= 11 is 0. The zero-order valence-corrected chi connectivity index (χ0v) is 11.7. The maximum Gasteiger partial charge on any atom is 0.134 e. The van der Waals surface area contributed by atoms with Gasteiger partial charge < -0.3 is 15.5 Å². The van der Waals surface area contributed by atoms with E-state index in [0.29, 0.717) is 0 Å². The third kappa shape index (κ3) is 3.10. The van der Waals surface area contributed by atoms with Gasteiger partial charge in [0.15, 0.2) is 0 Å². The van der Waals surface area contributed by atoms with Crippen molar-refractivity contribution in [3.8, 4) is 0 Å². The minimum atomic E-state index is 0.794. The molecule has 18 heavy (non-hydrogen) atoms. The molecule has 1 heterocycles. The number of aryl methyl sites for hydroxylation is 1. The summed E-state index contributed by atoms with van der Waals surface area (Å²) in [4.78, 5) is 11.2. The van der Waals surface area contributed by atoms with Crippen LogP contribution in [0.2, 0.25) is 0 Å². The molecule has 0 amide bonds. The molecule has 5 nitrogen and oxygen atoms in total. The summed E-state index contributed by atoms with van der Waals surface area (Å²) in [6, 6.07) is 0.813. The molecule has 100 valence electrons. The first-order valence-electron chi connectivity index (χ1n) is 6.59. The molecule has 0 bridgehead atoms. The van der Waals surface area contributed by atoms with Crippen molar-refractivity contribution in [2.75, 3.05) is 37.8 Å². The monoisotopic (exact) mass is 249 g/mol. The molecule has 0 atom stereocenters. The summed E-state index contributed by atoms with van der Waals surface area (Å²) in [5.74, 6) is 2.64. The molecular weight excluding hydrogens is 226 g/mol. The van der Waals surface area contributed by atoms with Gasteiger partial charge in [0.2, 0.25) is 0 Å². The maximum absolute atomic E-state index is 4.46. The van der Waals surface area contributed by atoms with Crippen LogP contribution in [-0.2, 0) is 0 Å². The summed E-state index contributed by atoms with van der Waals surface area (Å²) in [7, 11) is 4.08. The summed E-state index contributed by atoms with van der Waals surface area (Å²) < 4.78 is 0. The standard InChI is InChI=1S/C13H23N5/c1-9-12(14-3)16-10(2)17-13(9)15-7-8-18(4)11-5-6-11/h11H,5-8H2,1-4H3,(H2,14,15,16,17). The topological polar surface area (TPSA) is 53.1 Å². The lowest BCUT2D eigenvalue weighted by molar-refractivity contribution is 0.337. The van der Waals surface area contributed by atoms with Gasteiger partial charge in [-0.05, 0) is 33.7 Å². The van der Waals surface area contributed by atoms with Gasteiger partial charge in [-0.25, -0.2) is 9.97 Å². The number of likely N-dealkylation sites (N-methyl/N-ethyl adjacent to an activating group) is 1. The number of hydrogen-bond acceptors (Lipinski definition) is 5. The first-order chi connectivity index (χ1) is 8.61. The van der Waals surface area contributed by atoms with E-state index in [1.165, 1.54) is 12.8 Å². The van der Waals surface area contributed by atoms with Gasteiger partial charge in [0.1, 0.15) is 17.5 Å². The Morgan fingerprint density at radius 2 is 1.89 bits per heavy atom. The number of rotatable bonds is 6. The molecule has 0 saturated heterocycles. The zero-order valence-electron chi connectivity index (χ0n) is 11.7. The number of anilines is 2.